The standard InChI is InChI=1S/C15H20ClN3O/c1-18(2)15(10-19-11-17-9-13(19)8-16)12-5-4-6-14(7-12)20-3/h4-7,9,11,15H,8,10H2,1-3H3. The molecule has 0 N–H and O–H groups in total. The van der Waals surface area contributed by atoms with Crippen LogP contribution >= 0.6 is 11.6 Å². The van der Waals surface area contributed by atoms with E-state index in [1.807, 2.05) is 24.7 Å². The third kappa shape index (κ3) is 3.32. The van der Waals surface area contributed by atoms with Crippen LogP contribution in [0.4, 0.5) is 0 Å². The molecule has 0 amide bonds. The average Bonchev–Trinajstić information content (AvgIpc) is 2.91. The van der Waals surface area contributed by atoms with Gasteiger partial charge in [0.2, 0.25) is 0 Å². The minimum atomic E-state index is 0.237. The number of hydrogen-bond donors (Lipinski definition) is 0. The van der Waals surface area contributed by atoms with E-state index >= 15 is 0 Å². The first-order chi connectivity index (χ1) is 9.65. The number of halogens is 1. The number of aromatic nitrogens is 2. The predicted molar refractivity (Wildman–Crippen MR) is 81.2 cm³/mol. The highest BCUT2D eigenvalue weighted by molar-refractivity contribution is 6.16. The summed E-state index contributed by atoms with van der Waals surface area (Å²) >= 11 is 5.94. The van der Waals surface area contributed by atoms with Gasteiger partial charge in [-0.3, -0.25) is 0 Å². The molecule has 0 aliphatic carbocycles. The number of alkyl halides is 1. The van der Waals surface area contributed by atoms with Crippen LogP contribution in [0.1, 0.15) is 17.3 Å². The Bertz CT molecular complexity index is 554. The zero-order chi connectivity index (χ0) is 14.5. The Morgan fingerprint density at radius 3 is 2.85 bits per heavy atom. The number of nitrogens with zero attached hydrogens (tertiary/aromatic N) is 3. The first-order valence-electron chi connectivity index (χ1n) is 6.51. The molecule has 0 aliphatic rings. The molecule has 4 nitrogen and oxygen atoms in total. The molecule has 1 atom stereocenters. The van der Waals surface area contributed by atoms with Gasteiger partial charge in [-0.2, -0.15) is 0 Å². The second kappa shape index (κ2) is 6.77. The Hall–Kier alpha value is -1.52. The van der Waals surface area contributed by atoms with E-state index in [-0.39, 0.29) is 6.04 Å². The van der Waals surface area contributed by atoms with Crippen molar-refractivity contribution in [3.05, 3.63) is 48.0 Å². The monoisotopic (exact) mass is 293 g/mol. The van der Waals surface area contributed by atoms with Gasteiger partial charge in [0.15, 0.2) is 0 Å². The van der Waals surface area contributed by atoms with Gasteiger partial charge in [-0.1, -0.05) is 12.1 Å². The molecule has 0 spiro atoms. The predicted octanol–water partition coefficient (Wildman–Crippen LogP) is 2.93. The van der Waals surface area contributed by atoms with Crippen LogP contribution in [0.25, 0.3) is 0 Å². The van der Waals surface area contributed by atoms with Crippen LogP contribution < -0.4 is 4.74 Å². The Morgan fingerprint density at radius 2 is 2.20 bits per heavy atom. The van der Waals surface area contributed by atoms with E-state index in [2.05, 4.69) is 40.7 Å². The van der Waals surface area contributed by atoms with Crippen LogP contribution in [0.3, 0.4) is 0 Å². The molecule has 5 heteroatoms. The molecule has 108 valence electrons. The molecular weight excluding hydrogens is 274 g/mol. The summed E-state index contributed by atoms with van der Waals surface area (Å²) in [4.78, 5) is 6.36. The van der Waals surface area contributed by atoms with Crippen molar-refractivity contribution in [1.29, 1.82) is 0 Å². The van der Waals surface area contributed by atoms with Gasteiger partial charge in [0, 0.05) is 12.7 Å². The summed E-state index contributed by atoms with van der Waals surface area (Å²) in [5.41, 5.74) is 2.24. The van der Waals surface area contributed by atoms with Gasteiger partial charge in [0.1, 0.15) is 5.75 Å². The fraction of sp³-hybridized carbons (Fsp3) is 0.400. The van der Waals surface area contributed by atoms with Crippen molar-refractivity contribution >= 4 is 11.6 Å². The van der Waals surface area contributed by atoms with E-state index < -0.39 is 0 Å². The first kappa shape index (κ1) is 14.9. The summed E-state index contributed by atoms with van der Waals surface area (Å²) in [6, 6.07) is 8.40. The third-order valence-corrected chi connectivity index (χ3v) is 3.68. The molecule has 1 heterocycles. The van der Waals surface area contributed by atoms with E-state index in [0.29, 0.717) is 5.88 Å². The van der Waals surface area contributed by atoms with Crippen molar-refractivity contribution in [3.8, 4) is 5.75 Å². The van der Waals surface area contributed by atoms with Crippen molar-refractivity contribution in [1.82, 2.24) is 14.5 Å². The Morgan fingerprint density at radius 1 is 1.40 bits per heavy atom. The van der Waals surface area contributed by atoms with Gasteiger partial charge in [-0.25, -0.2) is 4.98 Å². The minimum Gasteiger partial charge on any atom is -0.497 e. The zero-order valence-corrected chi connectivity index (χ0v) is 12.8. The number of rotatable bonds is 6. The number of imidazole rings is 1. The summed E-state index contributed by atoms with van der Waals surface area (Å²) in [6.45, 7) is 0.808. The summed E-state index contributed by atoms with van der Waals surface area (Å²) in [6.07, 6.45) is 3.64. The van der Waals surface area contributed by atoms with Crippen LogP contribution in [0, 0.1) is 0 Å². The van der Waals surface area contributed by atoms with Crippen molar-refractivity contribution in [2.24, 2.45) is 0 Å². The first-order valence-corrected chi connectivity index (χ1v) is 7.04. The lowest BCUT2D eigenvalue weighted by Gasteiger charge is -2.26. The summed E-state index contributed by atoms with van der Waals surface area (Å²) in [5.74, 6) is 1.34. The van der Waals surface area contributed by atoms with Gasteiger partial charge in [-0.15, -0.1) is 11.6 Å². The van der Waals surface area contributed by atoms with Crippen molar-refractivity contribution < 1.29 is 4.74 Å². The second-order valence-electron chi connectivity index (χ2n) is 4.93. The SMILES string of the molecule is COc1cccc(C(Cn2cncc2CCl)N(C)C)c1. The molecule has 0 fully saturated rings. The van der Waals surface area contributed by atoms with Crippen LogP contribution in [-0.4, -0.2) is 35.7 Å². The number of ether oxygens (including phenoxy) is 1. The summed E-state index contributed by atoms with van der Waals surface area (Å²) < 4.78 is 7.40. The maximum atomic E-state index is 5.94. The zero-order valence-electron chi connectivity index (χ0n) is 12.1. The Balaban J connectivity index is 2.27. The van der Waals surface area contributed by atoms with Gasteiger partial charge >= 0.3 is 0 Å². The molecule has 0 aliphatic heterocycles. The normalized spacial score (nSPS) is 12.7. The van der Waals surface area contributed by atoms with Crippen molar-refractivity contribution in [3.63, 3.8) is 0 Å². The molecule has 2 rings (SSSR count). The smallest absolute Gasteiger partial charge is 0.119 e. The molecule has 0 bridgehead atoms. The molecule has 0 saturated carbocycles. The van der Waals surface area contributed by atoms with E-state index in [1.54, 1.807) is 7.11 Å². The van der Waals surface area contributed by atoms with Crippen LogP contribution in [0.5, 0.6) is 5.75 Å². The maximum Gasteiger partial charge on any atom is 0.119 e. The number of methoxy groups -OCH3 is 1. The van der Waals surface area contributed by atoms with E-state index in [9.17, 15) is 0 Å². The van der Waals surface area contributed by atoms with Gasteiger partial charge < -0.3 is 14.2 Å². The van der Waals surface area contributed by atoms with Crippen LogP contribution in [-0.2, 0) is 12.4 Å². The van der Waals surface area contributed by atoms with Gasteiger partial charge in [0.25, 0.3) is 0 Å². The highest BCUT2D eigenvalue weighted by atomic mass is 35.5. The molecule has 0 saturated heterocycles. The summed E-state index contributed by atoms with van der Waals surface area (Å²) in [7, 11) is 5.83. The second-order valence-corrected chi connectivity index (χ2v) is 5.19. The lowest BCUT2D eigenvalue weighted by molar-refractivity contribution is 0.266. The molecular formula is C15H20ClN3O. The van der Waals surface area contributed by atoms with Gasteiger partial charge in [-0.05, 0) is 31.8 Å². The van der Waals surface area contributed by atoms with E-state index in [1.165, 1.54) is 5.56 Å². The number of hydrogen-bond acceptors (Lipinski definition) is 3. The van der Waals surface area contributed by atoms with E-state index in [4.69, 9.17) is 16.3 Å². The lowest BCUT2D eigenvalue weighted by Crippen LogP contribution is -2.25. The topological polar surface area (TPSA) is 30.3 Å². The quantitative estimate of drug-likeness (QED) is 0.767. The third-order valence-electron chi connectivity index (χ3n) is 3.41. The molecule has 1 aromatic heterocycles. The molecule has 2 aromatic rings. The molecule has 1 unspecified atom stereocenters. The molecule has 0 radical (unpaired) electrons. The Labute approximate surface area is 124 Å². The van der Waals surface area contributed by atoms with Crippen LogP contribution in [0.15, 0.2) is 36.8 Å². The molecule has 20 heavy (non-hydrogen) atoms. The Kier molecular flexibility index (Phi) is 5.04. The highest BCUT2D eigenvalue weighted by Crippen LogP contribution is 2.24. The van der Waals surface area contributed by atoms with E-state index in [0.717, 1.165) is 18.0 Å². The molecule has 1 aromatic carbocycles. The van der Waals surface area contributed by atoms with Crippen molar-refractivity contribution in [2.75, 3.05) is 21.2 Å². The number of likely N-dealkylation sites (N-methyl/N-ethyl adjacent to an activating group) is 1. The van der Waals surface area contributed by atoms with Crippen molar-refractivity contribution in [2.45, 2.75) is 18.5 Å². The summed E-state index contributed by atoms with van der Waals surface area (Å²) in [5, 5.41) is 0. The number of benzene rings is 1. The fourth-order valence-corrected chi connectivity index (χ4v) is 2.45. The van der Waals surface area contributed by atoms with Crippen LogP contribution in [0.2, 0.25) is 0 Å². The largest absolute Gasteiger partial charge is 0.497 e. The lowest BCUT2D eigenvalue weighted by atomic mass is 10.1. The van der Waals surface area contributed by atoms with Gasteiger partial charge in [0.05, 0.1) is 31.1 Å². The maximum absolute atomic E-state index is 5.94. The fourth-order valence-electron chi connectivity index (χ4n) is 2.23. The minimum absolute atomic E-state index is 0.237. The highest BCUT2D eigenvalue weighted by Gasteiger charge is 2.16. The average molecular weight is 294 g/mol.